The van der Waals surface area contributed by atoms with E-state index in [1.807, 2.05) is 0 Å². The monoisotopic (exact) mass is 117 g/mol. The summed E-state index contributed by atoms with van der Waals surface area (Å²) in [6.45, 7) is 0. The smallest absolute Gasteiger partial charge is 0.354 e. The number of aliphatic carboxylic acids is 1. The standard InChI is InChI=1S/C4H7NO3/c1-8-2-3(5)4(6)7/h2H,5H2,1H3,(H,6,7). The van der Waals surface area contributed by atoms with Gasteiger partial charge in [0.05, 0.1) is 7.11 Å². The highest BCUT2D eigenvalue weighted by atomic mass is 16.5. The van der Waals surface area contributed by atoms with Crippen molar-refractivity contribution in [2.75, 3.05) is 7.11 Å². The maximum absolute atomic E-state index is 9.82. The first-order valence-corrected chi connectivity index (χ1v) is 1.90. The highest BCUT2D eigenvalue weighted by Gasteiger charge is 1.97. The zero-order chi connectivity index (χ0) is 6.57. The van der Waals surface area contributed by atoms with Crippen molar-refractivity contribution in [3.8, 4) is 0 Å². The molecule has 0 rings (SSSR count). The van der Waals surface area contributed by atoms with Gasteiger partial charge in [-0.2, -0.15) is 0 Å². The van der Waals surface area contributed by atoms with Gasteiger partial charge in [0.25, 0.3) is 0 Å². The first-order chi connectivity index (χ1) is 3.68. The van der Waals surface area contributed by atoms with Crippen molar-refractivity contribution in [2.45, 2.75) is 0 Å². The van der Waals surface area contributed by atoms with Crippen molar-refractivity contribution in [3.05, 3.63) is 12.0 Å². The van der Waals surface area contributed by atoms with E-state index in [0.29, 0.717) is 0 Å². The Hall–Kier alpha value is -1.19. The predicted octanol–water partition coefficient (Wildman–Crippen LogP) is -0.482. The molecule has 0 radical (unpaired) electrons. The van der Waals surface area contributed by atoms with Crippen LogP contribution in [0.5, 0.6) is 0 Å². The predicted molar refractivity (Wildman–Crippen MR) is 26.9 cm³/mol. The molecule has 0 spiro atoms. The average molecular weight is 117 g/mol. The Labute approximate surface area is 46.6 Å². The summed E-state index contributed by atoms with van der Waals surface area (Å²) in [5, 5.41) is 8.04. The molecule has 0 saturated carbocycles. The van der Waals surface area contributed by atoms with Crippen molar-refractivity contribution < 1.29 is 14.6 Å². The van der Waals surface area contributed by atoms with Gasteiger partial charge in [-0.25, -0.2) is 4.79 Å². The quantitative estimate of drug-likeness (QED) is 0.378. The van der Waals surface area contributed by atoms with Crippen molar-refractivity contribution in [3.63, 3.8) is 0 Å². The summed E-state index contributed by atoms with van der Waals surface area (Å²) in [5.41, 5.74) is 4.56. The fourth-order valence-corrected chi connectivity index (χ4v) is 0.177. The first-order valence-electron chi connectivity index (χ1n) is 1.90. The van der Waals surface area contributed by atoms with Gasteiger partial charge in [-0.05, 0) is 0 Å². The van der Waals surface area contributed by atoms with E-state index in [0.717, 1.165) is 6.26 Å². The summed E-state index contributed by atoms with van der Waals surface area (Å²) < 4.78 is 4.30. The highest BCUT2D eigenvalue weighted by Crippen LogP contribution is 1.80. The fraction of sp³-hybridized carbons (Fsp3) is 0.250. The third kappa shape index (κ3) is 2.07. The van der Waals surface area contributed by atoms with Gasteiger partial charge in [0, 0.05) is 0 Å². The van der Waals surface area contributed by atoms with Gasteiger partial charge in [0.1, 0.15) is 6.26 Å². The van der Waals surface area contributed by atoms with Crippen LogP contribution in [0.4, 0.5) is 0 Å². The number of nitrogens with two attached hydrogens (primary N) is 1. The summed E-state index contributed by atoms with van der Waals surface area (Å²) >= 11 is 0. The van der Waals surface area contributed by atoms with E-state index in [2.05, 4.69) is 4.74 Å². The van der Waals surface area contributed by atoms with Crippen molar-refractivity contribution >= 4 is 5.97 Å². The van der Waals surface area contributed by atoms with Crippen LogP contribution in [0.2, 0.25) is 0 Å². The summed E-state index contributed by atoms with van der Waals surface area (Å²) in [6.07, 6.45) is 0.961. The van der Waals surface area contributed by atoms with Crippen molar-refractivity contribution in [2.24, 2.45) is 5.73 Å². The maximum atomic E-state index is 9.82. The molecule has 0 saturated heterocycles. The van der Waals surface area contributed by atoms with E-state index in [9.17, 15) is 4.79 Å². The lowest BCUT2D eigenvalue weighted by Crippen LogP contribution is -2.09. The highest BCUT2D eigenvalue weighted by molar-refractivity contribution is 5.84. The Balaban J connectivity index is 3.80. The van der Waals surface area contributed by atoms with Crippen LogP contribution in [0.3, 0.4) is 0 Å². The lowest BCUT2D eigenvalue weighted by Gasteiger charge is -1.89. The lowest BCUT2D eigenvalue weighted by atomic mass is 10.5. The molecule has 0 bridgehead atoms. The van der Waals surface area contributed by atoms with Crippen LogP contribution in [-0.2, 0) is 9.53 Å². The third-order valence-electron chi connectivity index (χ3n) is 0.492. The van der Waals surface area contributed by atoms with Crippen molar-refractivity contribution in [1.29, 1.82) is 0 Å². The van der Waals surface area contributed by atoms with E-state index >= 15 is 0 Å². The summed E-state index contributed by atoms with van der Waals surface area (Å²) in [4.78, 5) is 9.82. The molecule has 0 aliphatic heterocycles. The van der Waals surface area contributed by atoms with Gasteiger partial charge >= 0.3 is 5.97 Å². The zero-order valence-corrected chi connectivity index (χ0v) is 4.42. The minimum absolute atomic E-state index is 0.299. The molecule has 0 amide bonds. The Bertz CT molecular complexity index is 118. The van der Waals surface area contributed by atoms with Crippen LogP contribution in [0, 0.1) is 0 Å². The number of carboxylic acid groups (broad SMARTS) is 1. The summed E-state index contributed by atoms with van der Waals surface area (Å²) in [7, 11) is 1.33. The SMILES string of the molecule is COC=C(N)C(=O)O. The molecule has 0 unspecified atom stereocenters. The van der Waals surface area contributed by atoms with Gasteiger partial charge in [-0.3, -0.25) is 0 Å². The van der Waals surface area contributed by atoms with Crippen LogP contribution >= 0.6 is 0 Å². The molecule has 3 N–H and O–H groups in total. The number of rotatable bonds is 2. The second kappa shape index (κ2) is 2.90. The van der Waals surface area contributed by atoms with Crippen LogP contribution in [0.25, 0.3) is 0 Å². The zero-order valence-electron chi connectivity index (χ0n) is 4.42. The molecule has 0 aromatic carbocycles. The van der Waals surface area contributed by atoms with Crippen LogP contribution < -0.4 is 5.73 Å². The second-order valence-corrected chi connectivity index (χ2v) is 1.11. The van der Waals surface area contributed by atoms with Crippen LogP contribution in [-0.4, -0.2) is 18.2 Å². The average Bonchev–Trinajstić information content (AvgIpc) is 1.67. The Morgan fingerprint density at radius 2 is 2.38 bits per heavy atom. The molecule has 0 atom stereocenters. The minimum Gasteiger partial charge on any atom is -0.502 e. The second-order valence-electron chi connectivity index (χ2n) is 1.11. The molecule has 8 heavy (non-hydrogen) atoms. The molecule has 0 aromatic heterocycles. The molecule has 0 heterocycles. The molecule has 0 aromatic rings. The Morgan fingerprint density at radius 3 is 2.50 bits per heavy atom. The largest absolute Gasteiger partial charge is 0.502 e. The minimum atomic E-state index is -1.17. The Kier molecular flexibility index (Phi) is 2.47. The topological polar surface area (TPSA) is 72.5 Å². The van der Waals surface area contributed by atoms with E-state index in [4.69, 9.17) is 10.8 Å². The van der Waals surface area contributed by atoms with E-state index in [1.54, 1.807) is 0 Å². The number of ether oxygens (including phenoxy) is 1. The maximum Gasteiger partial charge on any atom is 0.354 e. The Morgan fingerprint density at radius 1 is 1.88 bits per heavy atom. The van der Waals surface area contributed by atoms with Crippen LogP contribution in [0.15, 0.2) is 12.0 Å². The number of carboxylic acids is 1. The fourth-order valence-electron chi connectivity index (χ4n) is 0.177. The molecule has 4 nitrogen and oxygen atoms in total. The number of hydrogen-bond donors (Lipinski definition) is 2. The molecule has 46 valence electrons. The molecule has 4 heteroatoms. The molecular weight excluding hydrogens is 110 g/mol. The number of carbonyl (C=O) groups is 1. The van der Waals surface area contributed by atoms with E-state index < -0.39 is 5.97 Å². The number of hydrogen-bond acceptors (Lipinski definition) is 3. The van der Waals surface area contributed by atoms with Gasteiger partial charge in [0.15, 0.2) is 5.70 Å². The number of methoxy groups -OCH3 is 1. The van der Waals surface area contributed by atoms with E-state index in [-0.39, 0.29) is 5.70 Å². The first kappa shape index (κ1) is 6.81. The van der Waals surface area contributed by atoms with E-state index in [1.165, 1.54) is 7.11 Å². The molecule has 0 fully saturated rings. The van der Waals surface area contributed by atoms with Crippen molar-refractivity contribution in [1.82, 2.24) is 0 Å². The van der Waals surface area contributed by atoms with Gasteiger partial charge in [-0.1, -0.05) is 0 Å². The van der Waals surface area contributed by atoms with Gasteiger partial charge < -0.3 is 15.6 Å². The van der Waals surface area contributed by atoms with Gasteiger partial charge in [-0.15, -0.1) is 0 Å². The van der Waals surface area contributed by atoms with Crippen LogP contribution in [0.1, 0.15) is 0 Å². The summed E-state index contributed by atoms with van der Waals surface area (Å²) in [6, 6.07) is 0. The third-order valence-corrected chi connectivity index (χ3v) is 0.492. The lowest BCUT2D eigenvalue weighted by molar-refractivity contribution is -0.132. The van der Waals surface area contributed by atoms with Gasteiger partial charge in [0.2, 0.25) is 0 Å². The normalized spacial score (nSPS) is 10.9. The molecule has 0 aliphatic carbocycles. The summed E-state index contributed by atoms with van der Waals surface area (Å²) in [5.74, 6) is -1.17. The molecular formula is C4H7NO3. The molecule has 0 aliphatic rings.